The van der Waals surface area contributed by atoms with E-state index in [0.29, 0.717) is 11.3 Å². The number of aromatic nitrogens is 1. The lowest BCUT2D eigenvalue weighted by Crippen LogP contribution is -2.31. The SMILES string of the molecule is CC(C)c1ccccc1OC(=O)c1c2ccccc2[n+](C)c2ccccc12. The lowest BCUT2D eigenvalue weighted by molar-refractivity contribution is -0.617. The van der Waals surface area contributed by atoms with Crippen LogP contribution in [0.5, 0.6) is 5.75 Å². The van der Waals surface area contributed by atoms with Crippen LogP contribution in [0.3, 0.4) is 0 Å². The van der Waals surface area contributed by atoms with Crippen LogP contribution in [0.15, 0.2) is 72.8 Å². The number of nitrogens with zero attached hydrogens (tertiary/aromatic N) is 1. The first kappa shape index (κ1) is 17.2. The Balaban J connectivity index is 1.93. The molecule has 0 spiro atoms. The summed E-state index contributed by atoms with van der Waals surface area (Å²) in [6.07, 6.45) is 0. The van der Waals surface area contributed by atoms with Gasteiger partial charge >= 0.3 is 5.97 Å². The van der Waals surface area contributed by atoms with Crippen LogP contribution in [0, 0.1) is 0 Å². The topological polar surface area (TPSA) is 30.2 Å². The first-order valence-electron chi connectivity index (χ1n) is 9.18. The van der Waals surface area contributed by atoms with E-state index in [0.717, 1.165) is 27.4 Å². The molecule has 0 aliphatic carbocycles. The minimum absolute atomic E-state index is 0.274. The summed E-state index contributed by atoms with van der Waals surface area (Å²) in [5.74, 6) is 0.575. The quantitative estimate of drug-likeness (QED) is 0.220. The van der Waals surface area contributed by atoms with Crippen LogP contribution in [0.2, 0.25) is 0 Å². The number of benzene rings is 3. The van der Waals surface area contributed by atoms with Gasteiger partial charge in [0.2, 0.25) is 11.0 Å². The number of hydrogen-bond acceptors (Lipinski definition) is 2. The van der Waals surface area contributed by atoms with Gasteiger partial charge in [0.05, 0.1) is 16.3 Å². The van der Waals surface area contributed by atoms with Crippen molar-refractivity contribution in [3.63, 3.8) is 0 Å². The van der Waals surface area contributed by atoms with Crippen LogP contribution in [0.1, 0.15) is 35.7 Å². The molecule has 27 heavy (non-hydrogen) atoms. The Bertz CT molecular complexity index is 1100. The second-order valence-corrected chi connectivity index (χ2v) is 7.05. The highest BCUT2D eigenvalue weighted by atomic mass is 16.5. The Kier molecular flexibility index (Phi) is 4.36. The van der Waals surface area contributed by atoms with Crippen LogP contribution in [0.4, 0.5) is 0 Å². The third-order valence-corrected chi connectivity index (χ3v) is 5.02. The lowest BCUT2D eigenvalue weighted by Gasteiger charge is -2.14. The molecule has 134 valence electrons. The Labute approximate surface area is 158 Å². The number of carbonyl (C=O) groups excluding carboxylic acids is 1. The van der Waals surface area contributed by atoms with Crippen LogP contribution in [-0.2, 0) is 7.05 Å². The first-order chi connectivity index (χ1) is 13.1. The molecule has 4 aromatic rings. The summed E-state index contributed by atoms with van der Waals surface area (Å²) in [5, 5.41) is 1.79. The summed E-state index contributed by atoms with van der Waals surface area (Å²) in [4.78, 5) is 13.3. The molecule has 0 fully saturated rings. The van der Waals surface area contributed by atoms with Gasteiger partial charge < -0.3 is 4.74 Å². The van der Waals surface area contributed by atoms with E-state index in [1.165, 1.54) is 0 Å². The van der Waals surface area contributed by atoms with Crippen molar-refractivity contribution in [3.05, 3.63) is 83.9 Å². The summed E-state index contributed by atoms with van der Waals surface area (Å²) in [6.45, 7) is 4.19. The van der Waals surface area contributed by atoms with Gasteiger partial charge in [-0.25, -0.2) is 4.79 Å². The molecule has 0 N–H and O–H groups in total. The van der Waals surface area contributed by atoms with Crippen LogP contribution < -0.4 is 9.30 Å². The molecule has 3 heteroatoms. The molecular weight excluding hydrogens is 334 g/mol. The Morgan fingerprint density at radius 2 is 1.33 bits per heavy atom. The van der Waals surface area contributed by atoms with Gasteiger partial charge in [-0.1, -0.05) is 56.3 Å². The molecule has 0 saturated heterocycles. The summed E-state index contributed by atoms with van der Waals surface area (Å²) in [6, 6.07) is 23.6. The largest absolute Gasteiger partial charge is 0.423 e. The molecule has 3 nitrogen and oxygen atoms in total. The van der Waals surface area contributed by atoms with Gasteiger partial charge in [-0.05, 0) is 29.7 Å². The number of para-hydroxylation sites is 3. The number of esters is 1. The van der Waals surface area contributed by atoms with Crippen molar-refractivity contribution in [1.82, 2.24) is 0 Å². The second kappa shape index (κ2) is 6.84. The van der Waals surface area contributed by atoms with Crippen LogP contribution in [-0.4, -0.2) is 5.97 Å². The first-order valence-corrected chi connectivity index (χ1v) is 9.18. The van der Waals surface area contributed by atoms with Gasteiger partial charge in [-0.2, -0.15) is 4.57 Å². The third-order valence-electron chi connectivity index (χ3n) is 5.02. The maximum atomic E-state index is 13.3. The monoisotopic (exact) mass is 356 g/mol. The Morgan fingerprint density at radius 1 is 0.815 bits per heavy atom. The van der Waals surface area contributed by atoms with Crippen molar-refractivity contribution >= 4 is 27.8 Å². The molecule has 0 saturated carbocycles. The minimum Gasteiger partial charge on any atom is -0.423 e. The molecule has 4 rings (SSSR count). The zero-order valence-electron chi connectivity index (χ0n) is 15.8. The molecule has 0 unspecified atom stereocenters. The van der Waals surface area contributed by atoms with E-state index < -0.39 is 0 Å². The van der Waals surface area contributed by atoms with E-state index in [1.807, 2.05) is 79.8 Å². The zero-order valence-corrected chi connectivity index (χ0v) is 15.8. The van der Waals surface area contributed by atoms with E-state index in [9.17, 15) is 4.79 Å². The van der Waals surface area contributed by atoms with E-state index in [1.54, 1.807) is 0 Å². The summed E-state index contributed by atoms with van der Waals surface area (Å²) < 4.78 is 8.02. The highest BCUT2D eigenvalue weighted by Crippen LogP contribution is 2.29. The number of hydrogen-bond donors (Lipinski definition) is 0. The number of carbonyl (C=O) groups is 1. The molecule has 3 aromatic carbocycles. The Morgan fingerprint density at radius 3 is 1.93 bits per heavy atom. The summed E-state index contributed by atoms with van der Waals surface area (Å²) in [5.41, 5.74) is 3.64. The van der Waals surface area contributed by atoms with Crippen LogP contribution >= 0.6 is 0 Å². The van der Waals surface area contributed by atoms with Gasteiger partial charge in [0.1, 0.15) is 12.8 Å². The van der Waals surface area contributed by atoms with Crippen molar-refractivity contribution in [2.24, 2.45) is 7.05 Å². The minimum atomic E-state index is -0.323. The van der Waals surface area contributed by atoms with Crippen molar-refractivity contribution in [2.75, 3.05) is 0 Å². The van der Waals surface area contributed by atoms with Gasteiger partial charge in [0, 0.05) is 12.1 Å². The fourth-order valence-corrected chi connectivity index (χ4v) is 3.65. The third kappa shape index (κ3) is 2.95. The van der Waals surface area contributed by atoms with E-state index in [4.69, 9.17) is 4.74 Å². The van der Waals surface area contributed by atoms with Crippen molar-refractivity contribution in [1.29, 1.82) is 0 Å². The highest BCUT2D eigenvalue weighted by molar-refractivity contribution is 6.13. The van der Waals surface area contributed by atoms with Gasteiger partial charge in [0.15, 0.2) is 0 Å². The maximum absolute atomic E-state index is 13.3. The number of rotatable bonds is 3. The Hall–Kier alpha value is -3.20. The van der Waals surface area contributed by atoms with Crippen LogP contribution in [0.25, 0.3) is 21.8 Å². The molecule has 0 atom stereocenters. The normalized spacial score (nSPS) is 11.3. The fraction of sp³-hybridized carbons (Fsp3) is 0.167. The van der Waals surface area contributed by atoms with Gasteiger partial charge in [-0.15, -0.1) is 0 Å². The van der Waals surface area contributed by atoms with Crippen molar-refractivity contribution < 1.29 is 14.1 Å². The molecular formula is C24H22NO2+. The predicted octanol–water partition coefficient (Wildman–Crippen LogP) is 5.16. The fourth-order valence-electron chi connectivity index (χ4n) is 3.65. The van der Waals surface area contributed by atoms with Gasteiger partial charge in [-0.3, -0.25) is 0 Å². The average Bonchev–Trinajstić information content (AvgIpc) is 2.68. The molecule has 0 bridgehead atoms. The number of aryl methyl sites for hydroxylation is 1. The average molecular weight is 356 g/mol. The maximum Gasteiger partial charge on any atom is 0.345 e. The van der Waals surface area contributed by atoms with E-state index in [-0.39, 0.29) is 11.9 Å². The molecule has 1 aromatic heterocycles. The lowest BCUT2D eigenvalue weighted by atomic mass is 10.0. The second-order valence-electron chi connectivity index (χ2n) is 7.05. The smallest absolute Gasteiger partial charge is 0.345 e. The van der Waals surface area contributed by atoms with E-state index in [2.05, 4.69) is 18.4 Å². The molecule has 0 amide bonds. The molecule has 0 radical (unpaired) electrons. The number of fused-ring (bicyclic) bond motifs is 2. The molecule has 0 aliphatic rings. The van der Waals surface area contributed by atoms with E-state index >= 15 is 0 Å². The van der Waals surface area contributed by atoms with Gasteiger partial charge in [0.25, 0.3) is 0 Å². The number of ether oxygens (including phenoxy) is 1. The predicted molar refractivity (Wildman–Crippen MR) is 108 cm³/mol. The summed E-state index contributed by atoms with van der Waals surface area (Å²) in [7, 11) is 2.02. The molecule has 1 heterocycles. The highest BCUT2D eigenvalue weighted by Gasteiger charge is 2.24. The number of pyridine rings is 1. The molecule has 0 aliphatic heterocycles. The summed E-state index contributed by atoms with van der Waals surface area (Å²) >= 11 is 0. The van der Waals surface area contributed by atoms with Crippen molar-refractivity contribution in [3.8, 4) is 5.75 Å². The van der Waals surface area contributed by atoms with Crippen molar-refractivity contribution in [2.45, 2.75) is 19.8 Å². The standard InChI is InChI=1S/C24H22NO2/c1-16(2)17-10-6-9-15-22(17)27-24(26)23-18-11-4-7-13-20(18)25(3)21-14-8-5-12-19(21)23/h4-16H,1-3H3/q+1. The zero-order chi connectivity index (χ0) is 19.0.